The van der Waals surface area contributed by atoms with Crippen molar-refractivity contribution >= 4 is 17.5 Å². The Morgan fingerprint density at radius 2 is 2.14 bits per heavy atom. The van der Waals surface area contributed by atoms with E-state index in [1.807, 2.05) is 24.3 Å². The van der Waals surface area contributed by atoms with Gasteiger partial charge in [0.25, 0.3) is 0 Å². The van der Waals surface area contributed by atoms with Crippen molar-refractivity contribution in [3.63, 3.8) is 0 Å². The molecule has 4 rings (SSSR count). The molecular weight excluding hydrogens is 363 g/mol. The summed E-state index contributed by atoms with van der Waals surface area (Å²) >= 11 is 0. The smallest absolute Gasteiger partial charge is 0.229 e. The number of aromatic nitrogens is 2. The minimum atomic E-state index is -0.580. The summed E-state index contributed by atoms with van der Waals surface area (Å²) in [4.78, 5) is 8.34. The molecule has 6 bridgehead atoms. The monoisotopic (exact) mass is 388 g/mol. The molecule has 3 unspecified atom stereocenters. The van der Waals surface area contributed by atoms with Crippen molar-refractivity contribution in [2.75, 3.05) is 23.8 Å². The van der Waals surface area contributed by atoms with Gasteiger partial charge in [-0.25, -0.2) is 9.37 Å². The van der Waals surface area contributed by atoms with E-state index in [-0.39, 0.29) is 24.6 Å². The summed E-state index contributed by atoms with van der Waals surface area (Å²) in [6, 6.07) is 7.42. The first kappa shape index (κ1) is 18.9. The van der Waals surface area contributed by atoms with Gasteiger partial charge in [-0.1, -0.05) is 6.07 Å². The van der Waals surface area contributed by atoms with E-state index in [9.17, 15) is 9.50 Å². The molecule has 150 valence electrons. The summed E-state index contributed by atoms with van der Waals surface area (Å²) in [5, 5.41) is 16.5. The van der Waals surface area contributed by atoms with E-state index < -0.39 is 11.9 Å². The van der Waals surface area contributed by atoms with E-state index in [4.69, 9.17) is 9.47 Å². The second-order valence-corrected chi connectivity index (χ2v) is 7.30. The number of aliphatic hydroxyl groups excluding tert-OH is 1. The normalized spacial score (nSPS) is 25.6. The molecule has 2 aromatic rings. The van der Waals surface area contributed by atoms with Gasteiger partial charge < -0.3 is 25.2 Å². The maximum absolute atomic E-state index is 14.2. The molecule has 7 nitrogen and oxygen atoms in total. The molecule has 1 aromatic carbocycles. The zero-order valence-corrected chi connectivity index (χ0v) is 15.6. The quantitative estimate of drug-likeness (QED) is 0.638. The SMILES string of the molecule is OC1CCOc2cccc(c2)Nc2ncc(F)c(n2)NC2CCCC(C2)OC1. The molecule has 2 aliphatic rings. The third kappa shape index (κ3) is 4.88. The number of ether oxygens (including phenoxy) is 2. The van der Waals surface area contributed by atoms with Crippen LogP contribution in [-0.4, -0.2) is 46.5 Å². The van der Waals surface area contributed by atoms with Crippen LogP contribution in [-0.2, 0) is 4.74 Å². The van der Waals surface area contributed by atoms with E-state index in [2.05, 4.69) is 20.6 Å². The molecule has 0 radical (unpaired) electrons. The Hall–Kier alpha value is -2.45. The lowest BCUT2D eigenvalue weighted by Crippen LogP contribution is -2.34. The first-order valence-electron chi connectivity index (χ1n) is 9.74. The van der Waals surface area contributed by atoms with Gasteiger partial charge in [-0.3, -0.25) is 0 Å². The van der Waals surface area contributed by atoms with Gasteiger partial charge in [-0.15, -0.1) is 0 Å². The number of halogens is 1. The summed E-state index contributed by atoms with van der Waals surface area (Å²) in [5.41, 5.74) is 0.737. The molecule has 0 saturated heterocycles. The van der Waals surface area contributed by atoms with Crippen molar-refractivity contribution in [2.24, 2.45) is 0 Å². The topological polar surface area (TPSA) is 88.5 Å². The van der Waals surface area contributed by atoms with Gasteiger partial charge in [0.15, 0.2) is 11.6 Å². The Labute approximate surface area is 163 Å². The van der Waals surface area contributed by atoms with Gasteiger partial charge in [0.1, 0.15) is 5.75 Å². The van der Waals surface area contributed by atoms with Crippen molar-refractivity contribution in [3.8, 4) is 5.75 Å². The lowest BCUT2D eigenvalue weighted by molar-refractivity contribution is -0.0305. The summed E-state index contributed by atoms with van der Waals surface area (Å²) < 4.78 is 25.9. The first-order chi connectivity index (χ1) is 13.7. The average molecular weight is 388 g/mol. The highest BCUT2D eigenvalue weighted by atomic mass is 19.1. The minimum absolute atomic E-state index is 0.0370. The molecule has 1 saturated carbocycles. The molecule has 2 heterocycles. The Balaban J connectivity index is 1.58. The number of benzene rings is 1. The predicted octanol–water partition coefficient (Wildman–Crippen LogP) is 3.24. The summed E-state index contributed by atoms with van der Waals surface area (Å²) in [6.45, 7) is 0.661. The number of hydrogen-bond acceptors (Lipinski definition) is 7. The molecular formula is C20H25FN4O3. The highest BCUT2D eigenvalue weighted by Crippen LogP contribution is 2.26. The van der Waals surface area contributed by atoms with Crippen molar-refractivity contribution in [1.82, 2.24) is 9.97 Å². The molecule has 3 N–H and O–H groups in total. The van der Waals surface area contributed by atoms with Crippen molar-refractivity contribution in [2.45, 2.75) is 50.4 Å². The summed E-state index contributed by atoms with van der Waals surface area (Å²) in [7, 11) is 0. The largest absolute Gasteiger partial charge is 0.493 e. The molecule has 8 heteroatoms. The van der Waals surface area contributed by atoms with Crippen molar-refractivity contribution in [3.05, 3.63) is 36.3 Å². The minimum Gasteiger partial charge on any atom is -0.493 e. The summed E-state index contributed by atoms with van der Waals surface area (Å²) in [6.07, 6.45) is 4.69. The zero-order chi connectivity index (χ0) is 19.3. The molecule has 1 aromatic heterocycles. The number of aliphatic hydroxyl groups is 1. The molecule has 3 atom stereocenters. The van der Waals surface area contributed by atoms with Crippen LogP contribution >= 0.6 is 0 Å². The maximum Gasteiger partial charge on any atom is 0.229 e. The van der Waals surface area contributed by atoms with E-state index in [1.165, 1.54) is 6.20 Å². The van der Waals surface area contributed by atoms with Crippen LogP contribution in [0, 0.1) is 5.82 Å². The fourth-order valence-corrected chi connectivity index (χ4v) is 3.59. The Morgan fingerprint density at radius 3 is 3.07 bits per heavy atom. The van der Waals surface area contributed by atoms with Crippen LogP contribution < -0.4 is 15.4 Å². The third-order valence-corrected chi connectivity index (χ3v) is 5.05. The van der Waals surface area contributed by atoms with Gasteiger partial charge in [-0.05, 0) is 37.8 Å². The Morgan fingerprint density at radius 1 is 1.21 bits per heavy atom. The van der Waals surface area contributed by atoms with Gasteiger partial charge in [0.2, 0.25) is 5.95 Å². The van der Waals surface area contributed by atoms with E-state index in [0.717, 1.165) is 31.4 Å². The average Bonchev–Trinajstić information content (AvgIpc) is 2.69. The standard InChI is InChI=1S/C20H25FN4O3/c21-18-11-22-20-24-14-4-2-5-16(10-14)27-8-7-15(26)12-28-17-6-1-3-13(9-17)23-19(18)25-20/h2,4-5,10-11,13,15,17,26H,1,3,6-9,12H2,(H2,22,23,24,25). The Bertz CT molecular complexity index is 807. The fraction of sp³-hybridized carbons (Fsp3) is 0.500. The Kier molecular flexibility index (Phi) is 5.87. The number of nitrogens with one attached hydrogen (secondary N) is 2. The fourth-order valence-electron chi connectivity index (χ4n) is 3.59. The van der Waals surface area contributed by atoms with Crippen LogP contribution in [0.2, 0.25) is 0 Å². The van der Waals surface area contributed by atoms with Crippen LogP contribution in [0.15, 0.2) is 30.5 Å². The number of nitrogens with zero attached hydrogens (tertiary/aromatic N) is 2. The molecule has 28 heavy (non-hydrogen) atoms. The molecule has 1 aliphatic carbocycles. The highest BCUT2D eigenvalue weighted by molar-refractivity contribution is 5.57. The number of fused-ring (bicyclic) bond motifs is 6. The van der Waals surface area contributed by atoms with Gasteiger partial charge in [-0.2, -0.15) is 4.98 Å². The molecule has 1 fully saturated rings. The highest BCUT2D eigenvalue weighted by Gasteiger charge is 2.24. The van der Waals surface area contributed by atoms with Crippen LogP contribution in [0.5, 0.6) is 5.75 Å². The van der Waals surface area contributed by atoms with E-state index >= 15 is 0 Å². The second-order valence-electron chi connectivity index (χ2n) is 7.30. The predicted molar refractivity (Wildman–Crippen MR) is 103 cm³/mol. The molecule has 0 amide bonds. The maximum atomic E-state index is 14.2. The second kappa shape index (κ2) is 8.70. The van der Waals surface area contributed by atoms with E-state index in [1.54, 1.807) is 0 Å². The zero-order valence-electron chi connectivity index (χ0n) is 15.6. The van der Waals surface area contributed by atoms with Crippen LogP contribution in [0.3, 0.4) is 0 Å². The lowest BCUT2D eigenvalue weighted by atomic mass is 9.93. The van der Waals surface area contributed by atoms with Gasteiger partial charge >= 0.3 is 0 Å². The van der Waals surface area contributed by atoms with Gasteiger partial charge in [0, 0.05) is 24.2 Å². The number of rotatable bonds is 0. The van der Waals surface area contributed by atoms with Crippen LogP contribution in [0.1, 0.15) is 32.1 Å². The number of anilines is 3. The lowest BCUT2D eigenvalue weighted by Gasteiger charge is -2.30. The van der Waals surface area contributed by atoms with Crippen LogP contribution in [0.25, 0.3) is 0 Å². The molecule has 0 spiro atoms. The third-order valence-electron chi connectivity index (χ3n) is 5.05. The summed E-state index contributed by atoms with van der Waals surface area (Å²) in [5.74, 6) is 0.669. The first-order valence-corrected chi connectivity index (χ1v) is 9.74. The van der Waals surface area contributed by atoms with Crippen LogP contribution in [0.4, 0.5) is 21.8 Å². The number of hydrogen-bond donors (Lipinski definition) is 3. The van der Waals surface area contributed by atoms with Crippen molar-refractivity contribution in [1.29, 1.82) is 0 Å². The molecule has 1 aliphatic heterocycles. The van der Waals surface area contributed by atoms with E-state index in [0.29, 0.717) is 24.7 Å². The van der Waals surface area contributed by atoms with Crippen molar-refractivity contribution < 1.29 is 19.0 Å². The van der Waals surface area contributed by atoms with Gasteiger partial charge in [0.05, 0.1) is 31.6 Å².